The molecule has 0 aliphatic rings. The van der Waals surface area contributed by atoms with Crippen molar-refractivity contribution in [2.45, 2.75) is 38.3 Å². The van der Waals surface area contributed by atoms with Gasteiger partial charge in [0.1, 0.15) is 23.3 Å². The summed E-state index contributed by atoms with van der Waals surface area (Å²) in [6, 6.07) is 3.66. The standard InChI is InChI=1S/C17H20F4O2/c1-5-8-16(11-22,17(19,20)21)10-15(2,3)13-9-12(18)6-7-14(13)23-4/h5-7,9,11H,1,8,10H2,2-4H3. The number of hydrogen-bond acceptors (Lipinski definition) is 2. The van der Waals surface area contributed by atoms with Crippen molar-refractivity contribution >= 4 is 6.29 Å². The summed E-state index contributed by atoms with van der Waals surface area (Å²) in [5.74, 6) is -0.307. The molecule has 1 unspecified atom stereocenters. The lowest BCUT2D eigenvalue weighted by atomic mass is 9.68. The second-order valence-electron chi connectivity index (χ2n) is 6.17. The molecule has 1 aromatic rings. The molecule has 0 aliphatic carbocycles. The lowest BCUT2D eigenvalue weighted by molar-refractivity contribution is -0.219. The summed E-state index contributed by atoms with van der Waals surface area (Å²) in [6.07, 6.45) is -4.83. The molecule has 1 rings (SSSR count). The smallest absolute Gasteiger partial charge is 0.401 e. The van der Waals surface area contributed by atoms with Crippen molar-refractivity contribution in [1.29, 1.82) is 0 Å². The van der Waals surface area contributed by atoms with E-state index in [0.717, 1.165) is 12.1 Å². The van der Waals surface area contributed by atoms with Gasteiger partial charge in [0, 0.05) is 5.56 Å². The van der Waals surface area contributed by atoms with Crippen molar-refractivity contribution in [3.63, 3.8) is 0 Å². The zero-order chi connectivity index (χ0) is 17.9. The summed E-state index contributed by atoms with van der Waals surface area (Å²) >= 11 is 0. The van der Waals surface area contributed by atoms with E-state index in [2.05, 4.69) is 6.58 Å². The van der Waals surface area contributed by atoms with Crippen LogP contribution in [0.15, 0.2) is 30.9 Å². The predicted molar refractivity (Wildman–Crippen MR) is 80.0 cm³/mol. The SMILES string of the molecule is C=CCC(C=O)(CC(C)(C)c1cc(F)ccc1OC)C(F)(F)F. The fraction of sp³-hybridized carbons (Fsp3) is 0.471. The van der Waals surface area contributed by atoms with Crippen LogP contribution in [0.3, 0.4) is 0 Å². The van der Waals surface area contributed by atoms with Gasteiger partial charge in [-0.1, -0.05) is 19.9 Å². The molecule has 0 aromatic heterocycles. The van der Waals surface area contributed by atoms with Crippen LogP contribution in [-0.2, 0) is 10.2 Å². The molecule has 0 spiro atoms. The topological polar surface area (TPSA) is 26.3 Å². The summed E-state index contributed by atoms with van der Waals surface area (Å²) in [4.78, 5) is 11.3. The molecule has 0 fully saturated rings. The number of rotatable bonds is 7. The normalized spacial score (nSPS) is 14.9. The molecule has 0 radical (unpaired) electrons. The van der Waals surface area contributed by atoms with E-state index in [-0.39, 0.29) is 17.6 Å². The van der Waals surface area contributed by atoms with Crippen LogP contribution in [0.5, 0.6) is 5.75 Å². The summed E-state index contributed by atoms with van der Waals surface area (Å²) in [5, 5.41) is 0. The molecular formula is C17H20F4O2. The quantitative estimate of drug-likeness (QED) is 0.406. The monoisotopic (exact) mass is 332 g/mol. The maximum atomic E-state index is 13.5. The van der Waals surface area contributed by atoms with Gasteiger partial charge in [0.15, 0.2) is 0 Å². The van der Waals surface area contributed by atoms with Gasteiger partial charge in [0.05, 0.1) is 7.11 Å². The van der Waals surface area contributed by atoms with Gasteiger partial charge in [-0.3, -0.25) is 0 Å². The van der Waals surface area contributed by atoms with Gasteiger partial charge in [-0.2, -0.15) is 13.2 Å². The van der Waals surface area contributed by atoms with Gasteiger partial charge in [0.2, 0.25) is 0 Å². The second kappa shape index (κ2) is 6.72. The molecule has 0 bridgehead atoms. The first-order valence-corrected chi connectivity index (χ1v) is 7.01. The van der Waals surface area contributed by atoms with Crippen LogP contribution in [0.4, 0.5) is 17.6 Å². The highest BCUT2D eigenvalue weighted by Gasteiger charge is 2.56. The highest BCUT2D eigenvalue weighted by Crippen LogP contribution is 2.49. The van der Waals surface area contributed by atoms with Crippen LogP contribution in [-0.4, -0.2) is 19.6 Å². The average Bonchev–Trinajstić information content (AvgIpc) is 2.45. The molecule has 6 heteroatoms. The average molecular weight is 332 g/mol. The maximum absolute atomic E-state index is 13.5. The van der Waals surface area contributed by atoms with Crippen molar-refractivity contribution in [2.75, 3.05) is 7.11 Å². The van der Waals surface area contributed by atoms with E-state index in [1.54, 1.807) is 0 Å². The van der Waals surface area contributed by atoms with E-state index in [0.29, 0.717) is 0 Å². The van der Waals surface area contributed by atoms with Gasteiger partial charge in [0.25, 0.3) is 0 Å². The van der Waals surface area contributed by atoms with E-state index >= 15 is 0 Å². The minimum atomic E-state index is -4.74. The first-order valence-electron chi connectivity index (χ1n) is 7.01. The first kappa shape index (κ1) is 19.2. The van der Waals surface area contributed by atoms with Crippen molar-refractivity contribution in [2.24, 2.45) is 5.41 Å². The van der Waals surface area contributed by atoms with Crippen LogP contribution in [0.25, 0.3) is 0 Å². The van der Waals surface area contributed by atoms with Crippen LogP contribution >= 0.6 is 0 Å². The Morgan fingerprint density at radius 1 is 1.26 bits per heavy atom. The first-order chi connectivity index (χ1) is 10.5. The Balaban J connectivity index is 3.39. The summed E-state index contributed by atoms with van der Waals surface area (Å²) in [7, 11) is 1.35. The number of hydrogen-bond donors (Lipinski definition) is 0. The number of aldehydes is 1. The number of carbonyl (C=O) groups excluding carboxylic acids is 1. The van der Waals surface area contributed by atoms with Crippen molar-refractivity contribution in [1.82, 2.24) is 0 Å². The molecule has 1 atom stereocenters. The van der Waals surface area contributed by atoms with Gasteiger partial charge in [-0.25, -0.2) is 4.39 Å². The van der Waals surface area contributed by atoms with Crippen molar-refractivity contribution in [3.8, 4) is 5.75 Å². The Labute approximate surface area is 133 Å². The zero-order valence-electron chi connectivity index (χ0n) is 13.3. The third kappa shape index (κ3) is 3.92. The largest absolute Gasteiger partial charge is 0.496 e. The van der Waals surface area contributed by atoms with Gasteiger partial charge < -0.3 is 9.53 Å². The van der Waals surface area contributed by atoms with E-state index < -0.39 is 35.7 Å². The zero-order valence-corrected chi connectivity index (χ0v) is 13.3. The molecule has 0 saturated carbocycles. The molecule has 1 aromatic carbocycles. The molecule has 128 valence electrons. The summed E-state index contributed by atoms with van der Waals surface area (Å²) in [6.45, 7) is 6.36. The minimum Gasteiger partial charge on any atom is -0.496 e. The van der Waals surface area contributed by atoms with Crippen molar-refractivity contribution < 1.29 is 27.1 Å². The van der Waals surface area contributed by atoms with Gasteiger partial charge in [-0.15, -0.1) is 6.58 Å². The highest BCUT2D eigenvalue weighted by atomic mass is 19.4. The highest BCUT2D eigenvalue weighted by molar-refractivity contribution is 5.62. The van der Waals surface area contributed by atoms with E-state index in [4.69, 9.17) is 4.74 Å². The van der Waals surface area contributed by atoms with Gasteiger partial charge in [-0.05, 0) is 36.5 Å². The van der Waals surface area contributed by atoms with Crippen molar-refractivity contribution in [3.05, 3.63) is 42.2 Å². The van der Waals surface area contributed by atoms with Crippen LogP contribution in [0.1, 0.15) is 32.3 Å². The lowest BCUT2D eigenvalue weighted by Crippen LogP contribution is -2.44. The number of methoxy groups -OCH3 is 1. The number of ether oxygens (including phenoxy) is 1. The Kier molecular flexibility index (Phi) is 5.61. The van der Waals surface area contributed by atoms with Crippen LogP contribution in [0.2, 0.25) is 0 Å². The van der Waals surface area contributed by atoms with E-state index in [1.165, 1.54) is 33.1 Å². The van der Waals surface area contributed by atoms with Crippen LogP contribution in [0, 0.1) is 11.2 Å². The number of allylic oxidation sites excluding steroid dienone is 1. The maximum Gasteiger partial charge on any atom is 0.401 e. The lowest BCUT2D eigenvalue weighted by Gasteiger charge is -2.38. The Bertz CT molecular complexity index is 578. The fourth-order valence-corrected chi connectivity index (χ4v) is 2.80. The molecule has 0 aliphatic heterocycles. The Hall–Kier alpha value is -1.85. The molecule has 2 nitrogen and oxygen atoms in total. The Morgan fingerprint density at radius 2 is 1.87 bits per heavy atom. The third-order valence-corrected chi connectivity index (χ3v) is 3.95. The number of alkyl halides is 3. The number of halogens is 4. The Morgan fingerprint density at radius 3 is 2.30 bits per heavy atom. The molecular weight excluding hydrogens is 312 g/mol. The molecule has 0 amide bonds. The second-order valence-corrected chi connectivity index (χ2v) is 6.17. The molecule has 0 saturated heterocycles. The fourth-order valence-electron chi connectivity index (χ4n) is 2.80. The third-order valence-electron chi connectivity index (χ3n) is 3.95. The van der Waals surface area contributed by atoms with E-state index in [1.807, 2.05) is 0 Å². The molecule has 0 heterocycles. The molecule has 23 heavy (non-hydrogen) atoms. The van der Waals surface area contributed by atoms with E-state index in [9.17, 15) is 22.4 Å². The number of carbonyl (C=O) groups is 1. The predicted octanol–water partition coefficient (Wildman–Crippen LogP) is 4.83. The minimum absolute atomic E-state index is 0.0811. The van der Waals surface area contributed by atoms with Gasteiger partial charge >= 0.3 is 6.18 Å². The number of benzene rings is 1. The summed E-state index contributed by atoms with van der Waals surface area (Å²) < 4.78 is 59.1. The van der Waals surface area contributed by atoms with Crippen LogP contribution < -0.4 is 4.74 Å². The molecule has 0 N–H and O–H groups in total. The summed E-state index contributed by atoms with van der Waals surface area (Å²) in [5.41, 5.74) is -3.44.